The van der Waals surface area contributed by atoms with Crippen LogP contribution < -0.4 is 5.56 Å². The molecule has 0 bridgehead atoms. The highest BCUT2D eigenvalue weighted by Crippen LogP contribution is 2.15. The molecular weight excluding hydrogens is 308 g/mol. The van der Waals surface area contributed by atoms with Crippen molar-refractivity contribution in [3.63, 3.8) is 0 Å². The molecular formula is C17H16N4O3. The van der Waals surface area contributed by atoms with Gasteiger partial charge in [0.2, 0.25) is 0 Å². The van der Waals surface area contributed by atoms with Crippen molar-refractivity contribution in [1.29, 1.82) is 0 Å². The number of nitrogens with zero attached hydrogens (tertiary/aromatic N) is 4. The molecule has 2 aromatic heterocycles. The zero-order valence-corrected chi connectivity index (χ0v) is 13.1. The number of hydrogen-bond acceptors (Lipinski definition) is 5. The van der Waals surface area contributed by atoms with Crippen LogP contribution in [0.3, 0.4) is 0 Å². The van der Waals surface area contributed by atoms with Crippen LogP contribution in [-0.2, 0) is 11.3 Å². The van der Waals surface area contributed by atoms with Crippen molar-refractivity contribution < 1.29 is 9.53 Å². The number of aryl methyl sites for hydroxylation is 1. The van der Waals surface area contributed by atoms with Gasteiger partial charge < -0.3 is 9.30 Å². The summed E-state index contributed by atoms with van der Waals surface area (Å²) in [5, 5.41) is 4.05. The number of pyridine rings is 1. The Balaban J connectivity index is 1.65. The summed E-state index contributed by atoms with van der Waals surface area (Å²) >= 11 is 0. The van der Waals surface area contributed by atoms with Gasteiger partial charge in [-0.25, -0.2) is 14.5 Å². The molecule has 0 saturated carbocycles. The van der Waals surface area contributed by atoms with Gasteiger partial charge in [-0.1, -0.05) is 6.07 Å². The van der Waals surface area contributed by atoms with E-state index in [0.29, 0.717) is 12.1 Å². The normalized spacial score (nSPS) is 10.5. The lowest BCUT2D eigenvalue weighted by atomic mass is 10.1. The van der Waals surface area contributed by atoms with E-state index in [1.165, 1.54) is 17.0 Å². The van der Waals surface area contributed by atoms with Crippen LogP contribution in [0.1, 0.15) is 15.9 Å². The third-order valence-corrected chi connectivity index (χ3v) is 3.58. The standard InChI is InChI=1S/C17H16N4O3/c1-13-10-14(21-12-18-11-19-21)5-6-15(13)17(23)24-9-8-20-7-3-2-4-16(20)22/h2-7,10-12H,8-9H2,1H3. The Morgan fingerprint density at radius 1 is 1.25 bits per heavy atom. The molecule has 0 amide bonds. The van der Waals surface area contributed by atoms with Gasteiger partial charge in [-0.05, 0) is 36.8 Å². The summed E-state index contributed by atoms with van der Waals surface area (Å²) in [4.78, 5) is 27.7. The Hall–Kier alpha value is -3.22. The third-order valence-electron chi connectivity index (χ3n) is 3.58. The van der Waals surface area contributed by atoms with Gasteiger partial charge >= 0.3 is 5.97 Å². The second kappa shape index (κ2) is 6.91. The largest absolute Gasteiger partial charge is 0.460 e. The van der Waals surface area contributed by atoms with Gasteiger partial charge in [-0.3, -0.25) is 4.79 Å². The summed E-state index contributed by atoms with van der Waals surface area (Å²) in [6.45, 7) is 2.28. The molecule has 0 aliphatic heterocycles. The van der Waals surface area contributed by atoms with Gasteiger partial charge in [0, 0.05) is 12.3 Å². The zero-order valence-electron chi connectivity index (χ0n) is 13.1. The molecule has 0 aliphatic rings. The molecule has 2 heterocycles. The highest BCUT2D eigenvalue weighted by molar-refractivity contribution is 5.91. The van der Waals surface area contributed by atoms with Crippen molar-refractivity contribution in [2.24, 2.45) is 0 Å². The summed E-state index contributed by atoms with van der Waals surface area (Å²) < 4.78 is 8.37. The molecule has 0 radical (unpaired) electrons. The van der Waals surface area contributed by atoms with Gasteiger partial charge in [-0.15, -0.1) is 0 Å². The van der Waals surface area contributed by atoms with Gasteiger partial charge in [0.15, 0.2) is 0 Å². The quantitative estimate of drug-likeness (QED) is 0.666. The second-order valence-corrected chi connectivity index (χ2v) is 5.21. The predicted octanol–water partition coefficient (Wildman–Crippen LogP) is 1.59. The number of rotatable bonds is 5. The Morgan fingerprint density at radius 3 is 2.83 bits per heavy atom. The fourth-order valence-electron chi connectivity index (χ4n) is 2.32. The van der Waals surface area contributed by atoms with E-state index in [2.05, 4.69) is 10.1 Å². The number of esters is 1. The summed E-state index contributed by atoms with van der Waals surface area (Å²) in [5.41, 5.74) is 1.96. The highest BCUT2D eigenvalue weighted by atomic mass is 16.5. The van der Waals surface area contributed by atoms with Crippen molar-refractivity contribution in [1.82, 2.24) is 19.3 Å². The molecule has 3 rings (SSSR count). The lowest BCUT2D eigenvalue weighted by Crippen LogP contribution is -2.21. The van der Waals surface area contributed by atoms with E-state index >= 15 is 0 Å². The highest BCUT2D eigenvalue weighted by Gasteiger charge is 2.11. The number of carbonyl (C=O) groups excluding carboxylic acids is 1. The fraction of sp³-hybridized carbons (Fsp3) is 0.176. The van der Waals surface area contributed by atoms with E-state index < -0.39 is 5.97 Å². The van der Waals surface area contributed by atoms with Crippen LogP contribution in [0.4, 0.5) is 0 Å². The first kappa shape index (κ1) is 15.7. The Morgan fingerprint density at radius 2 is 2.12 bits per heavy atom. The van der Waals surface area contributed by atoms with Crippen LogP contribution >= 0.6 is 0 Å². The molecule has 122 valence electrons. The number of benzene rings is 1. The van der Waals surface area contributed by atoms with Crippen molar-refractivity contribution in [3.8, 4) is 5.69 Å². The summed E-state index contributed by atoms with van der Waals surface area (Å²) in [6.07, 6.45) is 4.70. The van der Waals surface area contributed by atoms with Crippen molar-refractivity contribution >= 4 is 5.97 Å². The van der Waals surface area contributed by atoms with Gasteiger partial charge in [-0.2, -0.15) is 5.10 Å². The Bertz CT molecular complexity index is 900. The first-order chi connectivity index (χ1) is 11.6. The predicted molar refractivity (Wildman–Crippen MR) is 87.1 cm³/mol. The molecule has 0 aliphatic carbocycles. The van der Waals surface area contributed by atoms with E-state index in [1.807, 2.05) is 13.0 Å². The summed E-state index contributed by atoms with van der Waals surface area (Å²) in [5.74, 6) is -0.415. The molecule has 7 heteroatoms. The molecule has 0 spiro atoms. The van der Waals surface area contributed by atoms with Crippen LogP contribution in [0.15, 0.2) is 60.0 Å². The van der Waals surface area contributed by atoms with Crippen LogP contribution in [-0.4, -0.2) is 31.9 Å². The molecule has 3 aromatic rings. The minimum Gasteiger partial charge on any atom is -0.460 e. The molecule has 7 nitrogen and oxygen atoms in total. The Kier molecular flexibility index (Phi) is 4.51. The third kappa shape index (κ3) is 3.40. The number of hydrogen-bond donors (Lipinski definition) is 0. The van der Waals surface area contributed by atoms with Crippen LogP contribution in [0, 0.1) is 6.92 Å². The molecule has 1 aromatic carbocycles. The van der Waals surface area contributed by atoms with Crippen LogP contribution in [0.25, 0.3) is 5.69 Å². The molecule has 0 unspecified atom stereocenters. The molecule has 0 fully saturated rings. The summed E-state index contributed by atoms with van der Waals surface area (Å²) in [6, 6.07) is 10.2. The van der Waals surface area contributed by atoms with Gasteiger partial charge in [0.25, 0.3) is 5.56 Å². The minimum absolute atomic E-state index is 0.123. The average Bonchev–Trinajstić information content (AvgIpc) is 3.11. The van der Waals surface area contributed by atoms with Crippen LogP contribution in [0.2, 0.25) is 0 Å². The van der Waals surface area contributed by atoms with Crippen molar-refractivity contribution in [2.75, 3.05) is 6.61 Å². The van der Waals surface area contributed by atoms with Crippen molar-refractivity contribution in [2.45, 2.75) is 13.5 Å². The van der Waals surface area contributed by atoms with E-state index in [0.717, 1.165) is 11.3 Å². The van der Waals surface area contributed by atoms with E-state index in [1.54, 1.807) is 41.5 Å². The SMILES string of the molecule is Cc1cc(-n2cncn2)ccc1C(=O)OCCn1ccccc1=O. The number of carbonyl (C=O) groups is 1. The smallest absolute Gasteiger partial charge is 0.338 e. The van der Waals surface area contributed by atoms with Gasteiger partial charge in [0.1, 0.15) is 19.3 Å². The van der Waals surface area contributed by atoms with E-state index in [4.69, 9.17) is 4.74 Å². The lowest BCUT2D eigenvalue weighted by molar-refractivity contribution is 0.0489. The van der Waals surface area contributed by atoms with E-state index in [9.17, 15) is 9.59 Å². The maximum Gasteiger partial charge on any atom is 0.338 e. The number of ether oxygens (including phenoxy) is 1. The van der Waals surface area contributed by atoms with Crippen molar-refractivity contribution in [3.05, 3.63) is 76.7 Å². The van der Waals surface area contributed by atoms with Crippen LogP contribution in [0.5, 0.6) is 0 Å². The molecule has 0 N–H and O–H groups in total. The fourth-order valence-corrected chi connectivity index (χ4v) is 2.32. The monoisotopic (exact) mass is 324 g/mol. The lowest BCUT2D eigenvalue weighted by Gasteiger charge is -2.10. The average molecular weight is 324 g/mol. The van der Waals surface area contributed by atoms with E-state index in [-0.39, 0.29) is 12.2 Å². The Labute approximate surface area is 138 Å². The molecule has 0 saturated heterocycles. The maximum atomic E-state index is 12.2. The second-order valence-electron chi connectivity index (χ2n) is 5.21. The summed E-state index contributed by atoms with van der Waals surface area (Å²) in [7, 11) is 0. The molecule has 0 atom stereocenters. The first-order valence-corrected chi connectivity index (χ1v) is 7.43. The number of aromatic nitrogens is 4. The first-order valence-electron chi connectivity index (χ1n) is 7.43. The molecule has 24 heavy (non-hydrogen) atoms. The minimum atomic E-state index is -0.415. The zero-order chi connectivity index (χ0) is 16.9. The van der Waals surface area contributed by atoms with Gasteiger partial charge in [0.05, 0.1) is 17.8 Å². The maximum absolute atomic E-state index is 12.2. The topological polar surface area (TPSA) is 79.0 Å².